The van der Waals surface area contributed by atoms with Crippen molar-refractivity contribution in [2.75, 3.05) is 48.8 Å². The van der Waals surface area contributed by atoms with Gasteiger partial charge in [-0.25, -0.2) is 0 Å². The Bertz CT molecular complexity index is 835. The molecule has 1 fully saturated rings. The SMILES string of the molecule is CN(CC(=O)Nc1ccc(N2CCCCC2)cc1)CC(=O)Nc1ccccc1Cl. The zero-order valence-electron chi connectivity index (χ0n) is 16.7. The van der Waals surface area contributed by atoms with E-state index >= 15 is 0 Å². The second kappa shape index (κ2) is 10.3. The van der Waals surface area contributed by atoms with Crippen molar-refractivity contribution < 1.29 is 9.59 Å². The van der Waals surface area contributed by atoms with E-state index in [1.165, 1.54) is 24.9 Å². The number of piperidine rings is 1. The second-order valence-corrected chi connectivity index (χ2v) is 7.75. The van der Waals surface area contributed by atoms with Crippen LogP contribution in [0.5, 0.6) is 0 Å². The fraction of sp³-hybridized carbons (Fsp3) is 0.364. The molecule has 2 aromatic carbocycles. The number of amides is 2. The summed E-state index contributed by atoms with van der Waals surface area (Å²) in [6.45, 7) is 2.38. The molecule has 2 amide bonds. The second-order valence-electron chi connectivity index (χ2n) is 7.34. The Hall–Kier alpha value is -2.57. The Kier molecular flexibility index (Phi) is 7.49. The van der Waals surface area contributed by atoms with Crippen LogP contribution in [-0.2, 0) is 9.59 Å². The number of rotatable bonds is 7. The highest BCUT2D eigenvalue weighted by Gasteiger charge is 2.13. The van der Waals surface area contributed by atoms with Crippen LogP contribution >= 0.6 is 11.6 Å². The number of halogens is 1. The maximum Gasteiger partial charge on any atom is 0.238 e. The average Bonchev–Trinajstić information content (AvgIpc) is 2.70. The average molecular weight is 415 g/mol. The summed E-state index contributed by atoms with van der Waals surface area (Å²) in [4.78, 5) is 28.5. The molecule has 1 heterocycles. The summed E-state index contributed by atoms with van der Waals surface area (Å²) in [7, 11) is 1.73. The Balaban J connectivity index is 1.44. The number of likely N-dealkylation sites (N-methyl/N-ethyl adjacent to an activating group) is 1. The van der Waals surface area contributed by atoms with E-state index in [-0.39, 0.29) is 24.9 Å². The number of carbonyl (C=O) groups is 2. The van der Waals surface area contributed by atoms with E-state index in [4.69, 9.17) is 11.6 Å². The summed E-state index contributed by atoms with van der Waals surface area (Å²) >= 11 is 6.04. The van der Waals surface area contributed by atoms with Gasteiger partial charge in [0.2, 0.25) is 11.8 Å². The predicted molar refractivity (Wildman–Crippen MR) is 119 cm³/mol. The van der Waals surface area contributed by atoms with Crippen molar-refractivity contribution >= 4 is 40.5 Å². The molecule has 1 aliphatic rings. The molecule has 1 aliphatic heterocycles. The molecule has 0 radical (unpaired) electrons. The van der Waals surface area contributed by atoms with Crippen LogP contribution in [0.1, 0.15) is 19.3 Å². The highest BCUT2D eigenvalue weighted by atomic mass is 35.5. The van der Waals surface area contributed by atoms with Crippen molar-refractivity contribution in [2.45, 2.75) is 19.3 Å². The molecule has 2 aromatic rings. The van der Waals surface area contributed by atoms with Crippen molar-refractivity contribution in [1.29, 1.82) is 0 Å². The molecular weight excluding hydrogens is 388 g/mol. The monoisotopic (exact) mass is 414 g/mol. The van der Waals surface area contributed by atoms with Gasteiger partial charge in [-0.15, -0.1) is 0 Å². The van der Waals surface area contributed by atoms with Gasteiger partial charge in [-0.2, -0.15) is 0 Å². The summed E-state index contributed by atoms with van der Waals surface area (Å²) in [5.41, 5.74) is 2.51. The zero-order valence-corrected chi connectivity index (χ0v) is 17.4. The summed E-state index contributed by atoms with van der Waals surface area (Å²) in [5.74, 6) is -0.386. The first-order chi connectivity index (χ1) is 14.0. The number of anilines is 3. The highest BCUT2D eigenvalue weighted by molar-refractivity contribution is 6.33. The fourth-order valence-electron chi connectivity index (χ4n) is 3.41. The highest BCUT2D eigenvalue weighted by Crippen LogP contribution is 2.22. The van der Waals surface area contributed by atoms with Gasteiger partial charge in [0.05, 0.1) is 23.8 Å². The summed E-state index contributed by atoms with van der Waals surface area (Å²) < 4.78 is 0. The summed E-state index contributed by atoms with van der Waals surface area (Å²) in [6.07, 6.45) is 3.76. The van der Waals surface area contributed by atoms with Crippen molar-refractivity contribution in [3.05, 3.63) is 53.6 Å². The minimum atomic E-state index is -0.223. The van der Waals surface area contributed by atoms with E-state index < -0.39 is 0 Å². The lowest BCUT2D eigenvalue weighted by Crippen LogP contribution is -2.36. The summed E-state index contributed by atoms with van der Waals surface area (Å²) in [5, 5.41) is 6.12. The van der Waals surface area contributed by atoms with Crippen LogP contribution in [-0.4, -0.2) is 49.9 Å². The molecule has 2 N–H and O–H groups in total. The molecule has 0 aromatic heterocycles. The molecule has 7 heteroatoms. The van der Waals surface area contributed by atoms with Gasteiger partial charge in [0.1, 0.15) is 0 Å². The topological polar surface area (TPSA) is 64.7 Å². The van der Waals surface area contributed by atoms with Gasteiger partial charge in [0.25, 0.3) is 0 Å². The zero-order chi connectivity index (χ0) is 20.6. The third-order valence-electron chi connectivity index (χ3n) is 4.85. The molecule has 1 saturated heterocycles. The van der Waals surface area contributed by atoms with E-state index in [0.29, 0.717) is 10.7 Å². The van der Waals surface area contributed by atoms with Crippen LogP contribution in [0.4, 0.5) is 17.1 Å². The van der Waals surface area contributed by atoms with E-state index in [2.05, 4.69) is 15.5 Å². The minimum absolute atomic E-state index is 0.0898. The van der Waals surface area contributed by atoms with E-state index in [9.17, 15) is 9.59 Å². The lowest BCUT2D eigenvalue weighted by atomic mass is 10.1. The van der Waals surface area contributed by atoms with Gasteiger partial charge in [0, 0.05) is 24.5 Å². The standard InChI is InChI=1S/C22H27ClN4O2/c1-26(16-22(29)25-20-8-4-3-7-19(20)23)15-21(28)24-17-9-11-18(12-10-17)27-13-5-2-6-14-27/h3-4,7-12H,2,5-6,13-16H2,1H3,(H,24,28)(H,25,29). The number of nitrogens with one attached hydrogen (secondary N) is 2. The Morgan fingerprint density at radius 1 is 0.931 bits per heavy atom. The molecule has 0 aliphatic carbocycles. The maximum absolute atomic E-state index is 12.3. The first-order valence-corrected chi connectivity index (χ1v) is 10.3. The molecule has 154 valence electrons. The van der Waals surface area contributed by atoms with Crippen LogP contribution < -0.4 is 15.5 Å². The number of carbonyl (C=O) groups excluding carboxylic acids is 2. The molecule has 0 saturated carbocycles. The molecular formula is C22H27ClN4O2. The van der Waals surface area contributed by atoms with Gasteiger partial charge in [-0.1, -0.05) is 23.7 Å². The van der Waals surface area contributed by atoms with Crippen LogP contribution in [0.3, 0.4) is 0 Å². The number of nitrogens with zero attached hydrogens (tertiary/aromatic N) is 2. The molecule has 6 nitrogen and oxygen atoms in total. The molecule has 0 atom stereocenters. The van der Waals surface area contributed by atoms with Crippen molar-refractivity contribution in [2.24, 2.45) is 0 Å². The van der Waals surface area contributed by atoms with Gasteiger partial charge < -0.3 is 15.5 Å². The number of para-hydroxylation sites is 1. The van der Waals surface area contributed by atoms with E-state index in [1.807, 2.05) is 24.3 Å². The maximum atomic E-state index is 12.3. The smallest absolute Gasteiger partial charge is 0.238 e. The van der Waals surface area contributed by atoms with Crippen molar-refractivity contribution in [3.8, 4) is 0 Å². The molecule has 3 rings (SSSR count). The van der Waals surface area contributed by atoms with E-state index in [1.54, 1.807) is 36.2 Å². The van der Waals surface area contributed by atoms with Crippen molar-refractivity contribution in [1.82, 2.24) is 4.90 Å². The van der Waals surface area contributed by atoms with Crippen LogP contribution in [0, 0.1) is 0 Å². The predicted octanol–water partition coefficient (Wildman–Crippen LogP) is 3.84. The van der Waals surface area contributed by atoms with Crippen molar-refractivity contribution in [3.63, 3.8) is 0 Å². The summed E-state index contributed by atoms with van der Waals surface area (Å²) in [6, 6.07) is 15.0. The fourth-order valence-corrected chi connectivity index (χ4v) is 3.59. The van der Waals surface area contributed by atoms with Gasteiger partial charge in [-0.3, -0.25) is 14.5 Å². The Morgan fingerprint density at radius 2 is 1.55 bits per heavy atom. The lowest BCUT2D eigenvalue weighted by molar-refractivity contribution is -0.119. The normalized spacial score (nSPS) is 14.0. The first-order valence-electron chi connectivity index (χ1n) is 9.89. The lowest BCUT2D eigenvalue weighted by Gasteiger charge is -2.28. The van der Waals surface area contributed by atoms with Gasteiger partial charge in [-0.05, 0) is 62.7 Å². The third-order valence-corrected chi connectivity index (χ3v) is 5.18. The Morgan fingerprint density at radius 3 is 2.21 bits per heavy atom. The van der Waals surface area contributed by atoms with Crippen LogP contribution in [0.25, 0.3) is 0 Å². The Labute approximate surface area is 176 Å². The molecule has 0 bridgehead atoms. The van der Waals surface area contributed by atoms with Gasteiger partial charge >= 0.3 is 0 Å². The number of hydrogen-bond acceptors (Lipinski definition) is 4. The minimum Gasteiger partial charge on any atom is -0.372 e. The largest absolute Gasteiger partial charge is 0.372 e. The first kappa shape index (κ1) is 21.1. The quantitative estimate of drug-likeness (QED) is 0.722. The molecule has 29 heavy (non-hydrogen) atoms. The number of hydrogen-bond donors (Lipinski definition) is 2. The van der Waals surface area contributed by atoms with Crippen LogP contribution in [0.2, 0.25) is 5.02 Å². The van der Waals surface area contributed by atoms with E-state index in [0.717, 1.165) is 18.8 Å². The third kappa shape index (κ3) is 6.48. The molecule has 0 unspecified atom stereocenters. The van der Waals surface area contributed by atoms with Gasteiger partial charge in [0.15, 0.2) is 0 Å². The number of benzene rings is 2. The molecule has 0 spiro atoms. The van der Waals surface area contributed by atoms with Crippen LogP contribution in [0.15, 0.2) is 48.5 Å².